The Labute approximate surface area is 174 Å². The maximum Gasteiger partial charge on any atom is 0.252 e. The molecule has 8 nitrogen and oxygen atoms in total. The van der Waals surface area contributed by atoms with Crippen LogP contribution in [-0.2, 0) is 6.42 Å². The number of nitrogens with one attached hydrogen (secondary N) is 1. The number of pyridine rings is 1. The van der Waals surface area contributed by atoms with E-state index in [1.165, 1.54) is 5.56 Å². The smallest absolute Gasteiger partial charge is 0.252 e. The first-order valence-corrected chi connectivity index (χ1v) is 9.95. The number of carbonyl (C=O) groups is 1. The number of amides is 1. The molecule has 0 unspecified atom stereocenters. The van der Waals surface area contributed by atoms with Crippen LogP contribution in [0.1, 0.15) is 47.5 Å². The van der Waals surface area contributed by atoms with E-state index in [0.717, 1.165) is 16.6 Å². The number of benzene rings is 1. The highest BCUT2D eigenvalue weighted by Crippen LogP contribution is 2.26. The van der Waals surface area contributed by atoms with Crippen molar-refractivity contribution >= 4 is 16.9 Å². The Bertz CT molecular complexity index is 1190. The van der Waals surface area contributed by atoms with Crippen molar-refractivity contribution in [2.24, 2.45) is 0 Å². The summed E-state index contributed by atoms with van der Waals surface area (Å²) in [6.45, 7) is 8.27. The monoisotopic (exact) mass is 404 g/mol. The maximum atomic E-state index is 13.0. The molecule has 0 spiro atoms. The lowest BCUT2D eigenvalue weighted by Gasteiger charge is -2.11. The molecule has 0 bridgehead atoms. The highest BCUT2D eigenvalue weighted by Gasteiger charge is 2.18. The van der Waals surface area contributed by atoms with Crippen molar-refractivity contribution < 1.29 is 9.32 Å². The van der Waals surface area contributed by atoms with Crippen LogP contribution in [0.3, 0.4) is 0 Å². The van der Waals surface area contributed by atoms with Crippen molar-refractivity contribution in [2.45, 2.75) is 40.2 Å². The zero-order valence-corrected chi connectivity index (χ0v) is 17.5. The van der Waals surface area contributed by atoms with Crippen molar-refractivity contribution in [3.05, 3.63) is 59.4 Å². The van der Waals surface area contributed by atoms with Crippen LogP contribution in [0.4, 0.5) is 0 Å². The van der Waals surface area contributed by atoms with Crippen LogP contribution in [0, 0.1) is 13.8 Å². The van der Waals surface area contributed by atoms with Crippen molar-refractivity contribution in [3.8, 4) is 11.3 Å². The van der Waals surface area contributed by atoms with Crippen LogP contribution in [0.5, 0.6) is 0 Å². The van der Waals surface area contributed by atoms with E-state index in [1.807, 2.05) is 55.8 Å². The molecule has 154 valence electrons. The van der Waals surface area contributed by atoms with Crippen LogP contribution in [0.25, 0.3) is 22.3 Å². The van der Waals surface area contributed by atoms with E-state index >= 15 is 0 Å². The van der Waals surface area contributed by atoms with Gasteiger partial charge in [-0.05, 0) is 33.8 Å². The molecule has 0 saturated carbocycles. The van der Waals surface area contributed by atoms with Crippen molar-refractivity contribution in [3.63, 3.8) is 0 Å². The van der Waals surface area contributed by atoms with E-state index in [2.05, 4.69) is 20.6 Å². The Hall–Kier alpha value is -3.55. The molecule has 3 heterocycles. The van der Waals surface area contributed by atoms with Gasteiger partial charge in [0.05, 0.1) is 22.8 Å². The average molecular weight is 404 g/mol. The largest absolute Gasteiger partial charge is 0.351 e. The van der Waals surface area contributed by atoms with Gasteiger partial charge >= 0.3 is 0 Å². The van der Waals surface area contributed by atoms with Gasteiger partial charge in [0.2, 0.25) is 5.89 Å². The molecule has 1 amide bonds. The molecular weight excluding hydrogens is 380 g/mol. The fourth-order valence-corrected chi connectivity index (χ4v) is 3.28. The molecular formula is C22H24N6O2. The van der Waals surface area contributed by atoms with E-state index in [9.17, 15) is 4.79 Å². The van der Waals surface area contributed by atoms with Gasteiger partial charge in [0, 0.05) is 24.6 Å². The number of rotatable bonds is 6. The third kappa shape index (κ3) is 3.94. The Morgan fingerprint density at radius 3 is 2.60 bits per heavy atom. The fraction of sp³-hybridized carbons (Fsp3) is 0.318. The number of aromatic nitrogens is 5. The van der Waals surface area contributed by atoms with Crippen LogP contribution in [-0.4, -0.2) is 37.4 Å². The molecule has 0 aliphatic rings. The topological polar surface area (TPSA) is 98.7 Å². The molecule has 1 N–H and O–H groups in total. The van der Waals surface area contributed by atoms with E-state index in [0.29, 0.717) is 35.9 Å². The van der Waals surface area contributed by atoms with E-state index < -0.39 is 0 Å². The third-order valence-corrected chi connectivity index (χ3v) is 4.84. The summed E-state index contributed by atoms with van der Waals surface area (Å²) in [7, 11) is 0. The van der Waals surface area contributed by atoms with Gasteiger partial charge < -0.3 is 9.84 Å². The van der Waals surface area contributed by atoms with Gasteiger partial charge in [-0.25, -0.2) is 9.67 Å². The van der Waals surface area contributed by atoms with Crippen LogP contribution in [0.2, 0.25) is 0 Å². The Morgan fingerprint density at radius 1 is 1.17 bits per heavy atom. The second kappa shape index (κ2) is 8.06. The van der Waals surface area contributed by atoms with Gasteiger partial charge in [0.1, 0.15) is 0 Å². The molecule has 0 aliphatic heterocycles. The predicted octanol–water partition coefficient (Wildman–Crippen LogP) is 3.65. The number of hydrogen-bond donors (Lipinski definition) is 1. The SMILES string of the molecule is Cc1ccc(-c2cc(C(=O)NCCc3nc(C)no3)c3cnn(C(C)C)c3n2)cc1. The van der Waals surface area contributed by atoms with Crippen molar-refractivity contribution in [1.82, 2.24) is 30.2 Å². The van der Waals surface area contributed by atoms with Crippen LogP contribution < -0.4 is 5.32 Å². The molecule has 4 aromatic rings. The Kier molecular flexibility index (Phi) is 5.31. The summed E-state index contributed by atoms with van der Waals surface area (Å²) in [6, 6.07) is 10.0. The number of carbonyl (C=O) groups excluding carboxylic acids is 1. The van der Waals surface area contributed by atoms with Gasteiger partial charge in [-0.15, -0.1) is 0 Å². The minimum Gasteiger partial charge on any atom is -0.351 e. The minimum absolute atomic E-state index is 0.125. The first kappa shape index (κ1) is 19.8. The fourth-order valence-electron chi connectivity index (χ4n) is 3.28. The van der Waals surface area contributed by atoms with Crippen molar-refractivity contribution in [2.75, 3.05) is 6.54 Å². The van der Waals surface area contributed by atoms with Crippen LogP contribution >= 0.6 is 0 Å². The predicted molar refractivity (Wildman–Crippen MR) is 113 cm³/mol. The second-order valence-corrected chi connectivity index (χ2v) is 7.58. The number of nitrogens with zero attached hydrogens (tertiary/aromatic N) is 5. The molecule has 3 aromatic heterocycles. The third-order valence-electron chi connectivity index (χ3n) is 4.84. The molecule has 30 heavy (non-hydrogen) atoms. The molecule has 0 radical (unpaired) electrons. The Morgan fingerprint density at radius 2 is 1.93 bits per heavy atom. The lowest BCUT2D eigenvalue weighted by molar-refractivity contribution is 0.0955. The summed E-state index contributed by atoms with van der Waals surface area (Å²) in [5.74, 6) is 0.895. The molecule has 0 aliphatic carbocycles. The minimum atomic E-state index is -0.185. The summed E-state index contributed by atoms with van der Waals surface area (Å²) in [5, 5.41) is 11.9. The number of fused-ring (bicyclic) bond motifs is 1. The molecule has 8 heteroatoms. The molecule has 0 saturated heterocycles. The summed E-state index contributed by atoms with van der Waals surface area (Å²) in [5.41, 5.74) is 4.10. The first-order valence-electron chi connectivity index (χ1n) is 9.95. The quantitative estimate of drug-likeness (QED) is 0.527. The van der Waals surface area contributed by atoms with Gasteiger partial charge in [0.15, 0.2) is 11.5 Å². The molecule has 0 atom stereocenters. The lowest BCUT2D eigenvalue weighted by atomic mass is 10.1. The van der Waals surface area contributed by atoms with E-state index in [-0.39, 0.29) is 11.9 Å². The zero-order chi connectivity index (χ0) is 21.3. The van der Waals surface area contributed by atoms with Crippen molar-refractivity contribution in [1.29, 1.82) is 0 Å². The average Bonchev–Trinajstić information content (AvgIpc) is 3.33. The molecule has 4 rings (SSSR count). The Balaban J connectivity index is 1.68. The highest BCUT2D eigenvalue weighted by atomic mass is 16.5. The summed E-state index contributed by atoms with van der Waals surface area (Å²) in [4.78, 5) is 22.0. The highest BCUT2D eigenvalue weighted by molar-refractivity contribution is 6.06. The van der Waals surface area contributed by atoms with Crippen LogP contribution in [0.15, 0.2) is 41.1 Å². The van der Waals surface area contributed by atoms with Gasteiger partial charge in [-0.2, -0.15) is 10.1 Å². The summed E-state index contributed by atoms with van der Waals surface area (Å²) >= 11 is 0. The van der Waals surface area contributed by atoms with E-state index in [1.54, 1.807) is 13.1 Å². The standard InChI is InChI=1S/C22H24N6O2/c1-13(2)28-21-18(12-24-28)17(11-19(26-21)16-7-5-14(3)6-8-16)22(29)23-10-9-20-25-15(4)27-30-20/h5-8,11-13H,9-10H2,1-4H3,(H,23,29). The van der Waals surface area contributed by atoms with Gasteiger partial charge in [-0.1, -0.05) is 35.0 Å². The molecule has 1 aromatic carbocycles. The number of aryl methyl sites for hydroxylation is 2. The maximum absolute atomic E-state index is 13.0. The van der Waals surface area contributed by atoms with Gasteiger partial charge in [-0.3, -0.25) is 4.79 Å². The second-order valence-electron chi connectivity index (χ2n) is 7.58. The summed E-state index contributed by atoms with van der Waals surface area (Å²) < 4.78 is 6.94. The lowest BCUT2D eigenvalue weighted by Crippen LogP contribution is -2.26. The normalized spacial score (nSPS) is 11.4. The van der Waals surface area contributed by atoms with E-state index in [4.69, 9.17) is 9.51 Å². The zero-order valence-electron chi connectivity index (χ0n) is 17.5. The summed E-state index contributed by atoms with van der Waals surface area (Å²) in [6.07, 6.45) is 2.18. The van der Waals surface area contributed by atoms with Gasteiger partial charge in [0.25, 0.3) is 5.91 Å². The molecule has 0 fully saturated rings. The first-order chi connectivity index (χ1) is 14.4. The number of hydrogen-bond acceptors (Lipinski definition) is 6.